The summed E-state index contributed by atoms with van der Waals surface area (Å²) in [4.78, 5) is 54.7. The number of nitrogens with zero attached hydrogens (tertiary/aromatic N) is 2. The van der Waals surface area contributed by atoms with Crippen LogP contribution in [0.5, 0.6) is 5.75 Å². The number of halogens is 3. The SMILES string of the molecule is Cc1cc(OC(=O)[C@@H]2CC(=O)N(c3cccc(Cl)c3)C2)ccc1N1C(=O)[C@H]2C[C@H](Br)[C@@H](Br)C[C@H]2C1=O. The summed E-state index contributed by atoms with van der Waals surface area (Å²) >= 11 is 13.2. The highest BCUT2D eigenvalue weighted by molar-refractivity contribution is 9.12. The Labute approximate surface area is 230 Å². The van der Waals surface area contributed by atoms with Crippen molar-refractivity contribution in [1.82, 2.24) is 0 Å². The van der Waals surface area contributed by atoms with Crippen LogP contribution in [-0.4, -0.2) is 39.9 Å². The molecule has 3 fully saturated rings. The number of anilines is 2. The molecule has 0 bridgehead atoms. The quantitative estimate of drug-likeness (QED) is 0.203. The van der Waals surface area contributed by atoms with Gasteiger partial charge in [0.05, 0.1) is 23.4 Å². The van der Waals surface area contributed by atoms with Gasteiger partial charge in [-0.2, -0.15) is 0 Å². The van der Waals surface area contributed by atoms with E-state index in [0.717, 1.165) is 0 Å². The Morgan fingerprint density at radius 3 is 2.28 bits per heavy atom. The normalized spacial score (nSPS) is 28.0. The second-order valence-corrected chi connectivity index (χ2v) is 12.3. The lowest BCUT2D eigenvalue weighted by molar-refractivity contribution is -0.139. The fourth-order valence-corrected chi connectivity index (χ4v) is 6.66. The molecule has 5 rings (SSSR count). The Balaban J connectivity index is 1.28. The molecule has 0 radical (unpaired) electrons. The highest BCUT2D eigenvalue weighted by atomic mass is 79.9. The zero-order valence-electron chi connectivity index (χ0n) is 19.3. The standard InChI is InChI=1S/C26H23Br2ClN2O5/c1-13-7-17(36-26(35)14-8-23(32)30(12-14)16-4-2-3-15(29)9-16)5-6-22(13)31-24(33)18-10-20(27)21(28)11-19(18)25(31)34/h2-7,9,14,18-21H,8,10-12H2,1H3/t14-,18-,19+,20+,21+/m1/s1. The van der Waals surface area contributed by atoms with Gasteiger partial charge in [0.25, 0.3) is 0 Å². The molecule has 10 heteroatoms. The van der Waals surface area contributed by atoms with Crippen LogP contribution in [0.15, 0.2) is 42.5 Å². The van der Waals surface area contributed by atoms with Crippen molar-refractivity contribution in [3.05, 3.63) is 53.1 Å². The first-order valence-corrected chi connectivity index (χ1v) is 13.9. The maximum absolute atomic E-state index is 13.1. The van der Waals surface area contributed by atoms with Crippen molar-refractivity contribution in [2.45, 2.75) is 35.8 Å². The molecule has 0 spiro atoms. The number of ether oxygens (including phenoxy) is 1. The fraction of sp³-hybridized carbons (Fsp3) is 0.385. The predicted molar refractivity (Wildman–Crippen MR) is 143 cm³/mol. The number of esters is 1. The van der Waals surface area contributed by atoms with Crippen LogP contribution in [0.3, 0.4) is 0 Å². The van der Waals surface area contributed by atoms with Crippen molar-refractivity contribution in [1.29, 1.82) is 0 Å². The number of carbonyl (C=O) groups is 4. The summed E-state index contributed by atoms with van der Waals surface area (Å²) in [7, 11) is 0. The number of imide groups is 1. The van der Waals surface area contributed by atoms with Crippen LogP contribution >= 0.6 is 43.5 Å². The number of alkyl halides is 2. The Bertz CT molecular complexity index is 1240. The third kappa shape index (κ3) is 4.61. The fourth-order valence-electron chi connectivity index (χ4n) is 5.23. The van der Waals surface area contributed by atoms with Crippen LogP contribution in [0.1, 0.15) is 24.8 Å². The van der Waals surface area contributed by atoms with E-state index in [1.165, 1.54) is 9.80 Å². The van der Waals surface area contributed by atoms with E-state index in [-0.39, 0.29) is 52.2 Å². The maximum atomic E-state index is 13.1. The third-order valence-electron chi connectivity index (χ3n) is 7.12. The summed E-state index contributed by atoms with van der Waals surface area (Å²) in [5, 5.41) is 0.509. The highest BCUT2D eigenvalue weighted by Crippen LogP contribution is 2.45. The van der Waals surface area contributed by atoms with Gasteiger partial charge < -0.3 is 9.64 Å². The third-order valence-corrected chi connectivity index (χ3v) is 10.1. The van der Waals surface area contributed by atoms with E-state index in [1.807, 2.05) is 0 Å². The lowest BCUT2D eigenvalue weighted by Gasteiger charge is -2.29. The van der Waals surface area contributed by atoms with Gasteiger partial charge in [0.15, 0.2) is 0 Å². The number of aryl methyl sites for hydroxylation is 1. The average Bonchev–Trinajstić information content (AvgIpc) is 3.33. The van der Waals surface area contributed by atoms with Crippen molar-refractivity contribution in [2.75, 3.05) is 16.3 Å². The van der Waals surface area contributed by atoms with Crippen molar-refractivity contribution >= 4 is 78.5 Å². The number of fused-ring (bicyclic) bond motifs is 1. The number of carbonyl (C=O) groups excluding carboxylic acids is 4. The smallest absolute Gasteiger partial charge is 0.316 e. The van der Waals surface area contributed by atoms with Gasteiger partial charge in [0, 0.05) is 33.3 Å². The molecule has 0 N–H and O–H groups in total. The van der Waals surface area contributed by atoms with Crippen LogP contribution in [-0.2, 0) is 19.2 Å². The summed E-state index contributed by atoms with van der Waals surface area (Å²) in [5.74, 6) is -2.05. The van der Waals surface area contributed by atoms with Gasteiger partial charge in [-0.05, 0) is 61.7 Å². The van der Waals surface area contributed by atoms with Gasteiger partial charge >= 0.3 is 5.97 Å². The molecule has 2 aromatic carbocycles. The largest absolute Gasteiger partial charge is 0.426 e. The van der Waals surface area contributed by atoms with Gasteiger partial charge in [-0.3, -0.25) is 19.2 Å². The van der Waals surface area contributed by atoms with E-state index in [2.05, 4.69) is 31.9 Å². The molecule has 2 heterocycles. The van der Waals surface area contributed by atoms with E-state index in [4.69, 9.17) is 16.3 Å². The van der Waals surface area contributed by atoms with Crippen molar-refractivity contribution < 1.29 is 23.9 Å². The van der Waals surface area contributed by atoms with Gasteiger partial charge in [0.1, 0.15) is 5.75 Å². The van der Waals surface area contributed by atoms with Crippen LogP contribution < -0.4 is 14.5 Å². The number of hydrogen-bond acceptors (Lipinski definition) is 5. The van der Waals surface area contributed by atoms with E-state index in [1.54, 1.807) is 49.4 Å². The van der Waals surface area contributed by atoms with E-state index < -0.39 is 11.9 Å². The molecule has 7 nitrogen and oxygen atoms in total. The maximum Gasteiger partial charge on any atom is 0.316 e. The van der Waals surface area contributed by atoms with Crippen molar-refractivity contribution in [3.63, 3.8) is 0 Å². The second kappa shape index (κ2) is 9.91. The molecule has 0 aromatic heterocycles. The molecule has 2 saturated heterocycles. The van der Waals surface area contributed by atoms with Gasteiger partial charge in [0.2, 0.25) is 17.7 Å². The highest BCUT2D eigenvalue weighted by Gasteiger charge is 2.52. The van der Waals surface area contributed by atoms with Gasteiger partial charge in [-0.15, -0.1) is 0 Å². The predicted octanol–water partition coefficient (Wildman–Crippen LogP) is 5.03. The van der Waals surface area contributed by atoms with Crippen molar-refractivity contribution in [2.24, 2.45) is 17.8 Å². The summed E-state index contributed by atoms with van der Waals surface area (Å²) < 4.78 is 5.58. The number of amides is 3. The molecule has 3 aliphatic rings. The van der Waals surface area contributed by atoms with Crippen LogP contribution in [0, 0.1) is 24.7 Å². The molecular weight excluding hydrogens is 616 g/mol. The molecular formula is C26H23Br2ClN2O5. The Morgan fingerprint density at radius 2 is 1.67 bits per heavy atom. The lowest BCUT2D eigenvalue weighted by Crippen LogP contribution is -2.34. The van der Waals surface area contributed by atoms with Gasteiger partial charge in [-0.25, -0.2) is 4.90 Å². The second-order valence-electron chi connectivity index (χ2n) is 9.48. The summed E-state index contributed by atoms with van der Waals surface area (Å²) in [6, 6.07) is 11.8. The molecule has 36 heavy (non-hydrogen) atoms. The first-order valence-electron chi connectivity index (χ1n) is 11.7. The Hall–Kier alpha value is -2.23. The van der Waals surface area contributed by atoms with Gasteiger partial charge in [-0.1, -0.05) is 49.5 Å². The summed E-state index contributed by atoms with van der Waals surface area (Å²) in [5.41, 5.74) is 1.79. The first-order chi connectivity index (χ1) is 17.1. The summed E-state index contributed by atoms with van der Waals surface area (Å²) in [6.45, 7) is 1.98. The molecule has 1 aliphatic carbocycles. The van der Waals surface area contributed by atoms with E-state index in [0.29, 0.717) is 40.6 Å². The van der Waals surface area contributed by atoms with E-state index >= 15 is 0 Å². The van der Waals surface area contributed by atoms with Crippen molar-refractivity contribution in [3.8, 4) is 5.75 Å². The molecule has 2 aromatic rings. The lowest BCUT2D eigenvalue weighted by atomic mass is 9.81. The Morgan fingerprint density at radius 1 is 1.00 bits per heavy atom. The molecule has 2 aliphatic heterocycles. The monoisotopic (exact) mass is 636 g/mol. The number of hydrogen-bond donors (Lipinski definition) is 0. The molecule has 188 valence electrons. The minimum Gasteiger partial charge on any atom is -0.426 e. The topological polar surface area (TPSA) is 84.0 Å². The molecule has 5 atom stereocenters. The first kappa shape index (κ1) is 25.4. The molecule has 1 saturated carbocycles. The van der Waals surface area contributed by atoms with Crippen LogP contribution in [0.4, 0.5) is 11.4 Å². The minimum atomic E-state index is -0.615. The van der Waals surface area contributed by atoms with E-state index in [9.17, 15) is 19.2 Å². The summed E-state index contributed by atoms with van der Waals surface area (Å²) in [6.07, 6.45) is 1.25. The number of rotatable bonds is 4. The Kier molecular flexibility index (Phi) is 7.00. The number of benzene rings is 2. The zero-order valence-corrected chi connectivity index (χ0v) is 23.3. The average molecular weight is 639 g/mol. The zero-order chi connectivity index (χ0) is 25.7. The van der Waals surface area contributed by atoms with Crippen LogP contribution in [0.2, 0.25) is 5.02 Å². The molecule has 3 amide bonds. The van der Waals surface area contributed by atoms with Crippen LogP contribution in [0.25, 0.3) is 0 Å². The molecule has 0 unspecified atom stereocenters. The minimum absolute atomic E-state index is 0.0467.